The quantitative estimate of drug-likeness (QED) is 0.603. The van der Waals surface area contributed by atoms with E-state index in [0.29, 0.717) is 18.1 Å². The molecule has 0 saturated carbocycles. The zero-order chi connectivity index (χ0) is 22.3. The molecule has 3 aromatic rings. The fourth-order valence-electron chi connectivity index (χ4n) is 5.19. The van der Waals surface area contributed by atoms with Gasteiger partial charge in [0, 0.05) is 30.8 Å². The van der Waals surface area contributed by atoms with Gasteiger partial charge in [-0.25, -0.2) is 9.97 Å². The molecule has 2 aromatic carbocycles. The van der Waals surface area contributed by atoms with E-state index in [1.807, 2.05) is 19.3 Å². The third kappa shape index (κ3) is 3.75. The van der Waals surface area contributed by atoms with Gasteiger partial charge in [-0.1, -0.05) is 42.5 Å². The van der Waals surface area contributed by atoms with Crippen molar-refractivity contribution in [3.63, 3.8) is 0 Å². The molecule has 1 aliphatic heterocycles. The Morgan fingerprint density at radius 1 is 1.06 bits per heavy atom. The summed E-state index contributed by atoms with van der Waals surface area (Å²) in [5.41, 5.74) is 4.79. The molecule has 0 unspecified atom stereocenters. The topological polar surface area (TPSA) is 41.1 Å². The van der Waals surface area contributed by atoms with E-state index in [-0.39, 0.29) is 5.41 Å². The number of anilines is 1. The SMILES string of the molecule is CNc1ncc2c(n1)-c1ccccc1C1(CCN(Cc3cccc(C(F)(F)F)c3)CC1)C2. The molecule has 1 fully saturated rings. The first-order chi connectivity index (χ1) is 15.4. The van der Waals surface area contributed by atoms with Crippen LogP contribution in [0.5, 0.6) is 0 Å². The summed E-state index contributed by atoms with van der Waals surface area (Å²) >= 11 is 0. The molecule has 1 aliphatic carbocycles. The Morgan fingerprint density at radius 2 is 1.84 bits per heavy atom. The number of nitrogens with one attached hydrogen (secondary N) is 1. The lowest BCUT2D eigenvalue weighted by atomic mass is 9.64. The van der Waals surface area contributed by atoms with Gasteiger partial charge >= 0.3 is 6.18 Å². The summed E-state index contributed by atoms with van der Waals surface area (Å²) in [7, 11) is 1.82. The molecule has 2 heterocycles. The summed E-state index contributed by atoms with van der Waals surface area (Å²) in [6.07, 6.45) is 0.421. The Balaban J connectivity index is 1.37. The molecule has 7 heteroatoms. The lowest BCUT2D eigenvalue weighted by Crippen LogP contribution is -2.45. The van der Waals surface area contributed by atoms with Crippen LogP contribution in [-0.2, 0) is 24.6 Å². The molecule has 1 N–H and O–H groups in total. The van der Waals surface area contributed by atoms with Crippen molar-refractivity contribution in [3.05, 3.63) is 77.0 Å². The number of piperidine rings is 1. The number of alkyl halides is 3. The van der Waals surface area contributed by atoms with E-state index in [4.69, 9.17) is 4.98 Å². The van der Waals surface area contributed by atoms with E-state index < -0.39 is 11.7 Å². The van der Waals surface area contributed by atoms with Crippen molar-refractivity contribution in [3.8, 4) is 11.3 Å². The molecule has 0 amide bonds. The summed E-state index contributed by atoms with van der Waals surface area (Å²) in [6, 6.07) is 14.2. The highest BCUT2D eigenvalue weighted by Crippen LogP contribution is 2.48. The monoisotopic (exact) mass is 438 g/mol. The van der Waals surface area contributed by atoms with E-state index in [0.717, 1.165) is 49.7 Å². The molecule has 2 aliphatic rings. The van der Waals surface area contributed by atoms with Crippen LogP contribution in [0.1, 0.15) is 35.1 Å². The highest BCUT2D eigenvalue weighted by molar-refractivity contribution is 5.72. The molecule has 1 saturated heterocycles. The number of hydrogen-bond donors (Lipinski definition) is 1. The first-order valence-corrected chi connectivity index (χ1v) is 10.9. The molecular formula is C25H25F3N4. The van der Waals surface area contributed by atoms with E-state index in [2.05, 4.69) is 33.4 Å². The number of halogens is 3. The second-order valence-corrected chi connectivity index (χ2v) is 8.79. The molecule has 5 rings (SSSR count). The molecule has 4 nitrogen and oxygen atoms in total. The van der Waals surface area contributed by atoms with Crippen molar-refractivity contribution >= 4 is 5.95 Å². The number of aromatic nitrogens is 2. The molecular weight excluding hydrogens is 413 g/mol. The second kappa shape index (κ2) is 7.89. The number of fused-ring (bicyclic) bond motifs is 4. The minimum absolute atomic E-state index is 0.0123. The van der Waals surface area contributed by atoms with Gasteiger partial charge in [-0.3, -0.25) is 4.90 Å². The Labute approximate surface area is 185 Å². The van der Waals surface area contributed by atoms with Gasteiger partial charge in [-0.15, -0.1) is 0 Å². The normalized spacial score (nSPS) is 17.6. The van der Waals surface area contributed by atoms with Gasteiger partial charge in [0.05, 0.1) is 11.3 Å². The minimum Gasteiger partial charge on any atom is -0.357 e. The number of benzene rings is 2. The molecule has 0 bridgehead atoms. The predicted molar refractivity (Wildman–Crippen MR) is 118 cm³/mol. The Hall–Kier alpha value is -2.93. The zero-order valence-corrected chi connectivity index (χ0v) is 17.9. The summed E-state index contributed by atoms with van der Waals surface area (Å²) in [6.45, 7) is 2.22. The van der Waals surface area contributed by atoms with E-state index in [1.54, 1.807) is 6.07 Å². The van der Waals surface area contributed by atoms with Crippen LogP contribution in [0.15, 0.2) is 54.7 Å². The van der Waals surface area contributed by atoms with Crippen molar-refractivity contribution in [1.82, 2.24) is 14.9 Å². The summed E-state index contributed by atoms with van der Waals surface area (Å²) in [5, 5.41) is 3.02. The molecule has 0 radical (unpaired) electrons. The van der Waals surface area contributed by atoms with Crippen LogP contribution in [0, 0.1) is 0 Å². The fraction of sp³-hybridized carbons (Fsp3) is 0.360. The Kier molecular flexibility index (Phi) is 5.16. The van der Waals surface area contributed by atoms with Crippen LogP contribution in [0.4, 0.5) is 19.1 Å². The minimum atomic E-state index is -4.31. The molecule has 166 valence electrons. The molecule has 0 atom stereocenters. The van der Waals surface area contributed by atoms with Crippen LogP contribution < -0.4 is 5.32 Å². The number of hydrogen-bond acceptors (Lipinski definition) is 4. The number of rotatable bonds is 3. The average Bonchev–Trinajstić information content (AvgIpc) is 2.80. The van der Waals surface area contributed by atoms with Crippen molar-refractivity contribution in [1.29, 1.82) is 0 Å². The lowest BCUT2D eigenvalue weighted by Gasteiger charge is -2.45. The Morgan fingerprint density at radius 3 is 2.59 bits per heavy atom. The fourth-order valence-corrected chi connectivity index (χ4v) is 5.19. The van der Waals surface area contributed by atoms with Gasteiger partial charge in [0.2, 0.25) is 5.95 Å². The van der Waals surface area contributed by atoms with E-state index >= 15 is 0 Å². The van der Waals surface area contributed by atoms with Crippen molar-refractivity contribution in [2.24, 2.45) is 0 Å². The van der Waals surface area contributed by atoms with Crippen LogP contribution in [-0.4, -0.2) is 35.0 Å². The first-order valence-electron chi connectivity index (χ1n) is 10.9. The first kappa shape index (κ1) is 20.9. The van der Waals surface area contributed by atoms with Crippen molar-refractivity contribution in [2.45, 2.75) is 37.4 Å². The predicted octanol–water partition coefficient (Wildman–Crippen LogP) is 5.29. The maximum atomic E-state index is 13.1. The molecule has 1 aromatic heterocycles. The van der Waals surface area contributed by atoms with Gasteiger partial charge in [0.1, 0.15) is 0 Å². The molecule has 1 spiro atoms. The highest BCUT2D eigenvalue weighted by Gasteiger charge is 2.42. The van der Waals surface area contributed by atoms with Gasteiger partial charge in [0.15, 0.2) is 0 Å². The van der Waals surface area contributed by atoms with Crippen LogP contribution in [0.2, 0.25) is 0 Å². The van der Waals surface area contributed by atoms with Gasteiger partial charge in [-0.05, 0) is 55.1 Å². The van der Waals surface area contributed by atoms with Crippen LogP contribution >= 0.6 is 0 Å². The zero-order valence-electron chi connectivity index (χ0n) is 17.9. The average molecular weight is 438 g/mol. The highest BCUT2D eigenvalue weighted by atomic mass is 19.4. The van der Waals surface area contributed by atoms with Crippen LogP contribution in [0.3, 0.4) is 0 Å². The third-order valence-electron chi connectivity index (χ3n) is 6.84. The Bertz CT molecular complexity index is 1130. The third-order valence-corrected chi connectivity index (χ3v) is 6.84. The van der Waals surface area contributed by atoms with Crippen LogP contribution in [0.25, 0.3) is 11.3 Å². The van der Waals surface area contributed by atoms with Gasteiger partial charge in [-0.2, -0.15) is 13.2 Å². The maximum Gasteiger partial charge on any atom is 0.416 e. The molecule has 32 heavy (non-hydrogen) atoms. The number of likely N-dealkylation sites (tertiary alicyclic amines) is 1. The summed E-state index contributed by atoms with van der Waals surface area (Å²) in [5.74, 6) is 0.616. The van der Waals surface area contributed by atoms with E-state index in [9.17, 15) is 13.2 Å². The van der Waals surface area contributed by atoms with Crippen molar-refractivity contribution in [2.75, 3.05) is 25.5 Å². The number of nitrogens with zero attached hydrogens (tertiary/aromatic N) is 3. The van der Waals surface area contributed by atoms with Crippen molar-refractivity contribution < 1.29 is 13.2 Å². The van der Waals surface area contributed by atoms with E-state index in [1.165, 1.54) is 23.3 Å². The maximum absolute atomic E-state index is 13.1. The van der Waals surface area contributed by atoms with Gasteiger partial charge < -0.3 is 5.32 Å². The second-order valence-electron chi connectivity index (χ2n) is 8.79. The largest absolute Gasteiger partial charge is 0.416 e. The smallest absolute Gasteiger partial charge is 0.357 e. The standard InChI is InChI=1S/C25H25F3N4/c1-29-23-30-15-18-14-24(21-8-3-2-7-20(21)22(18)31-23)9-11-32(12-10-24)16-17-5-4-6-19(13-17)25(26,27)28/h2-8,13,15H,9-12,14,16H2,1H3,(H,29,30,31). The summed E-state index contributed by atoms with van der Waals surface area (Å²) in [4.78, 5) is 11.4. The van der Waals surface area contributed by atoms with Gasteiger partial charge in [0.25, 0.3) is 0 Å². The summed E-state index contributed by atoms with van der Waals surface area (Å²) < 4.78 is 39.2. The lowest BCUT2D eigenvalue weighted by molar-refractivity contribution is -0.137.